The Morgan fingerprint density at radius 3 is 2.75 bits per heavy atom. The summed E-state index contributed by atoms with van der Waals surface area (Å²) < 4.78 is 0.919. The van der Waals surface area contributed by atoms with Crippen LogP contribution in [0, 0.1) is 0 Å². The molecule has 1 aromatic rings. The lowest BCUT2D eigenvalue weighted by Gasteiger charge is -2.34. The van der Waals surface area contributed by atoms with Gasteiger partial charge < -0.3 is 10.8 Å². The number of phenolic OH excluding ortho intramolecular Hbond substituents is 1. The number of rotatable bonds is 5. The van der Waals surface area contributed by atoms with E-state index in [2.05, 4.69) is 20.8 Å². The zero-order valence-electron chi connectivity index (χ0n) is 11.7. The third kappa shape index (κ3) is 3.52. The standard InChI is InChI=1S/C15H21BrN2O2/c1-10(13-8-11(16)6-7-14(13)19)18(9-15(17)20)12-4-2-3-5-12/h6-8,10,12,19H,2-5,9H2,1H3,(H2,17,20). The van der Waals surface area contributed by atoms with Gasteiger partial charge in [0.15, 0.2) is 0 Å². The molecular formula is C15H21BrN2O2. The number of carbonyl (C=O) groups excluding carboxylic acids is 1. The van der Waals surface area contributed by atoms with E-state index >= 15 is 0 Å². The third-order valence-corrected chi connectivity index (χ3v) is 4.56. The van der Waals surface area contributed by atoms with Crippen LogP contribution in [0.2, 0.25) is 0 Å². The molecule has 1 fully saturated rings. The maximum Gasteiger partial charge on any atom is 0.231 e. The largest absolute Gasteiger partial charge is 0.508 e. The highest BCUT2D eigenvalue weighted by atomic mass is 79.9. The van der Waals surface area contributed by atoms with Gasteiger partial charge in [0, 0.05) is 22.1 Å². The van der Waals surface area contributed by atoms with Crippen LogP contribution in [0.15, 0.2) is 22.7 Å². The molecule has 5 heteroatoms. The first-order valence-corrected chi connectivity index (χ1v) is 7.81. The molecule has 3 N–H and O–H groups in total. The van der Waals surface area contributed by atoms with Crippen LogP contribution in [0.5, 0.6) is 5.75 Å². The van der Waals surface area contributed by atoms with E-state index in [1.165, 1.54) is 12.8 Å². The Hall–Kier alpha value is -1.07. The first-order valence-electron chi connectivity index (χ1n) is 7.01. The molecule has 0 radical (unpaired) electrons. The molecule has 0 aromatic heterocycles. The summed E-state index contributed by atoms with van der Waals surface area (Å²) in [6.07, 6.45) is 4.56. The number of hydrogen-bond acceptors (Lipinski definition) is 3. The molecule has 0 bridgehead atoms. The van der Waals surface area contributed by atoms with E-state index in [0.29, 0.717) is 6.04 Å². The average molecular weight is 341 g/mol. The minimum atomic E-state index is -0.321. The summed E-state index contributed by atoms with van der Waals surface area (Å²) in [6.45, 7) is 2.25. The molecule has 4 nitrogen and oxygen atoms in total. The molecular weight excluding hydrogens is 320 g/mol. The smallest absolute Gasteiger partial charge is 0.231 e. The third-order valence-electron chi connectivity index (χ3n) is 4.07. The Balaban J connectivity index is 2.26. The van der Waals surface area contributed by atoms with E-state index in [4.69, 9.17) is 5.73 Å². The number of amides is 1. The van der Waals surface area contributed by atoms with Crippen LogP contribution in [0.4, 0.5) is 0 Å². The van der Waals surface area contributed by atoms with Crippen molar-refractivity contribution in [1.82, 2.24) is 4.90 Å². The molecule has 1 aliphatic rings. The van der Waals surface area contributed by atoms with E-state index in [1.807, 2.05) is 13.0 Å². The van der Waals surface area contributed by atoms with E-state index in [9.17, 15) is 9.90 Å². The Morgan fingerprint density at radius 2 is 2.15 bits per heavy atom. The summed E-state index contributed by atoms with van der Waals surface area (Å²) in [5.41, 5.74) is 6.22. The summed E-state index contributed by atoms with van der Waals surface area (Å²) in [4.78, 5) is 13.5. The lowest BCUT2D eigenvalue weighted by Crippen LogP contribution is -2.41. The average Bonchev–Trinajstić information content (AvgIpc) is 2.91. The molecule has 1 saturated carbocycles. The van der Waals surface area contributed by atoms with Gasteiger partial charge in [0.05, 0.1) is 6.54 Å². The van der Waals surface area contributed by atoms with Crippen LogP contribution < -0.4 is 5.73 Å². The summed E-state index contributed by atoms with van der Waals surface area (Å²) in [7, 11) is 0. The van der Waals surface area contributed by atoms with Gasteiger partial charge in [0.2, 0.25) is 5.91 Å². The first-order chi connectivity index (χ1) is 9.49. The topological polar surface area (TPSA) is 66.6 Å². The predicted octanol–water partition coefficient (Wildman–Crippen LogP) is 2.95. The van der Waals surface area contributed by atoms with Crippen molar-refractivity contribution in [3.8, 4) is 5.75 Å². The van der Waals surface area contributed by atoms with Gasteiger partial charge in [0.25, 0.3) is 0 Å². The van der Waals surface area contributed by atoms with Crippen LogP contribution in [-0.2, 0) is 4.79 Å². The SMILES string of the molecule is CC(c1cc(Br)ccc1O)N(CC(N)=O)C1CCCC1. The van der Waals surface area contributed by atoms with Crippen LogP contribution in [0.25, 0.3) is 0 Å². The maximum absolute atomic E-state index is 11.4. The number of benzene rings is 1. The van der Waals surface area contributed by atoms with Crippen molar-refractivity contribution in [2.75, 3.05) is 6.54 Å². The summed E-state index contributed by atoms with van der Waals surface area (Å²) in [5, 5.41) is 10.1. The van der Waals surface area contributed by atoms with E-state index in [1.54, 1.807) is 12.1 Å². The molecule has 1 unspecified atom stereocenters. The molecule has 1 aromatic carbocycles. The van der Waals surface area contributed by atoms with Gasteiger partial charge in [-0.25, -0.2) is 0 Å². The number of aromatic hydroxyl groups is 1. The molecule has 2 rings (SSSR count). The second-order valence-corrected chi connectivity index (χ2v) is 6.37. The van der Waals surface area contributed by atoms with Crippen LogP contribution >= 0.6 is 15.9 Å². The fourth-order valence-electron chi connectivity index (χ4n) is 3.04. The fraction of sp³-hybridized carbons (Fsp3) is 0.533. The highest BCUT2D eigenvalue weighted by Crippen LogP contribution is 2.35. The second-order valence-electron chi connectivity index (χ2n) is 5.46. The van der Waals surface area contributed by atoms with Gasteiger partial charge >= 0.3 is 0 Å². The number of phenols is 1. The number of hydrogen-bond donors (Lipinski definition) is 2. The Labute approximate surface area is 128 Å². The lowest BCUT2D eigenvalue weighted by molar-refractivity contribution is -0.120. The quantitative estimate of drug-likeness (QED) is 0.865. The van der Waals surface area contributed by atoms with Crippen molar-refractivity contribution in [2.24, 2.45) is 5.73 Å². The van der Waals surface area contributed by atoms with E-state index in [0.717, 1.165) is 22.9 Å². The highest BCUT2D eigenvalue weighted by molar-refractivity contribution is 9.10. The second kappa shape index (κ2) is 6.59. The summed E-state index contributed by atoms with van der Waals surface area (Å²) in [6, 6.07) is 5.72. The number of nitrogens with zero attached hydrogens (tertiary/aromatic N) is 1. The minimum Gasteiger partial charge on any atom is -0.508 e. The predicted molar refractivity (Wildman–Crippen MR) is 82.4 cm³/mol. The molecule has 0 aliphatic heterocycles. The summed E-state index contributed by atoms with van der Waals surface area (Å²) >= 11 is 3.43. The Bertz CT molecular complexity index is 487. The van der Waals surface area contributed by atoms with Gasteiger partial charge in [-0.3, -0.25) is 9.69 Å². The van der Waals surface area contributed by atoms with Gasteiger partial charge in [0.1, 0.15) is 5.75 Å². The van der Waals surface area contributed by atoms with Gasteiger partial charge in [-0.05, 0) is 38.0 Å². The molecule has 20 heavy (non-hydrogen) atoms. The van der Waals surface area contributed by atoms with Crippen LogP contribution in [0.3, 0.4) is 0 Å². The van der Waals surface area contributed by atoms with Crippen molar-refractivity contribution in [2.45, 2.75) is 44.7 Å². The monoisotopic (exact) mass is 340 g/mol. The van der Waals surface area contributed by atoms with E-state index in [-0.39, 0.29) is 24.2 Å². The maximum atomic E-state index is 11.4. The van der Waals surface area contributed by atoms with Crippen molar-refractivity contribution in [3.63, 3.8) is 0 Å². The van der Waals surface area contributed by atoms with Gasteiger partial charge in [-0.15, -0.1) is 0 Å². The van der Waals surface area contributed by atoms with Gasteiger partial charge in [-0.2, -0.15) is 0 Å². The molecule has 1 atom stereocenters. The zero-order valence-corrected chi connectivity index (χ0v) is 13.3. The Morgan fingerprint density at radius 1 is 1.50 bits per heavy atom. The van der Waals surface area contributed by atoms with Crippen molar-refractivity contribution in [3.05, 3.63) is 28.2 Å². The number of carbonyl (C=O) groups is 1. The number of nitrogens with two attached hydrogens (primary N) is 1. The Kier molecular flexibility index (Phi) is 5.05. The molecule has 1 aliphatic carbocycles. The normalized spacial score (nSPS) is 17.6. The highest BCUT2D eigenvalue weighted by Gasteiger charge is 2.29. The first kappa shape index (κ1) is 15.3. The molecule has 0 heterocycles. The van der Waals surface area contributed by atoms with E-state index < -0.39 is 0 Å². The van der Waals surface area contributed by atoms with Crippen molar-refractivity contribution < 1.29 is 9.90 Å². The number of halogens is 1. The zero-order chi connectivity index (χ0) is 14.7. The molecule has 110 valence electrons. The van der Waals surface area contributed by atoms with Crippen molar-refractivity contribution >= 4 is 21.8 Å². The van der Waals surface area contributed by atoms with Crippen molar-refractivity contribution in [1.29, 1.82) is 0 Å². The molecule has 0 spiro atoms. The molecule has 1 amide bonds. The lowest BCUT2D eigenvalue weighted by atomic mass is 10.0. The van der Waals surface area contributed by atoms with Gasteiger partial charge in [-0.1, -0.05) is 28.8 Å². The van der Waals surface area contributed by atoms with Crippen LogP contribution in [-0.4, -0.2) is 28.5 Å². The van der Waals surface area contributed by atoms with Crippen LogP contribution in [0.1, 0.15) is 44.2 Å². The minimum absolute atomic E-state index is 0.0388. The number of primary amides is 1. The fourth-order valence-corrected chi connectivity index (χ4v) is 3.42. The molecule has 0 saturated heterocycles. The summed E-state index contributed by atoms with van der Waals surface area (Å²) in [5.74, 6) is -0.0635.